The number of rotatable bonds is 5. The Labute approximate surface area is 186 Å². The van der Waals surface area contributed by atoms with Gasteiger partial charge in [-0.25, -0.2) is 0 Å². The van der Waals surface area contributed by atoms with Crippen LogP contribution in [0.5, 0.6) is 0 Å². The van der Waals surface area contributed by atoms with E-state index in [9.17, 15) is 15.0 Å². The van der Waals surface area contributed by atoms with Gasteiger partial charge in [-0.3, -0.25) is 0 Å². The van der Waals surface area contributed by atoms with Gasteiger partial charge in [0.15, 0.2) is 0 Å². The van der Waals surface area contributed by atoms with Crippen molar-refractivity contribution in [2.45, 2.75) is 104 Å². The fourth-order valence-electron chi connectivity index (χ4n) is 8.97. The smallest absolute Gasteiger partial charge is 0.126 e. The van der Waals surface area contributed by atoms with E-state index >= 15 is 0 Å². The molecule has 10 atom stereocenters. The summed E-state index contributed by atoms with van der Waals surface area (Å²) >= 11 is 0. The summed E-state index contributed by atoms with van der Waals surface area (Å²) in [5, 5.41) is 22.3. The number of aliphatic hydroxyl groups excluding tert-OH is 1. The minimum absolute atomic E-state index is 0.0177. The van der Waals surface area contributed by atoms with E-state index in [-0.39, 0.29) is 41.4 Å². The van der Waals surface area contributed by atoms with Crippen molar-refractivity contribution in [1.82, 2.24) is 0 Å². The maximum absolute atomic E-state index is 12.5. The molecule has 0 bridgehead atoms. The van der Waals surface area contributed by atoms with Gasteiger partial charge in [0.05, 0.1) is 11.7 Å². The van der Waals surface area contributed by atoms with Crippen LogP contribution in [-0.4, -0.2) is 28.2 Å². The first kappa shape index (κ1) is 15.4. The Morgan fingerprint density at radius 2 is 1.86 bits per heavy atom. The maximum Gasteiger partial charge on any atom is 0.126 e. The number of hydrogen-bond donors (Lipinski definition) is 2. The Balaban J connectivity index is 1.56. The standard InChI is InChI=1S/C26H44O3/c1-16(2)6-7-17(3)19-8-9-20-23-21(11-12-24(19,20)4)25(5)13-10-18(28)14-26(25,29)22(23)15-27/h15-23,28-29H,6-14H2,1-5H3/t17-,18+,19-,20?,21?,22?,23?,24-,25-,26-/m1/s1/i1D3,2D3. The highest BCUT2D eigenvalue weighted by Crippen LogP contribution is 2.72. The number of carbonyl (C=O) groups excluding carboxylic acids is 1. The number of fused-ring (bicyclic) bond motifs is 5. The molecule has 29 heavy (non-hydrogen) atoms. The lowest BCUT2D eigenvalue weighted by atomic mass is 9.53. The molecule has 0 aliphatic heterocycles. The third kappa shape index (κ3) is 3.00. The lowest BCUT2D eigenvalue weighted by Gasteiger charge is -2.52. The van der Waals surface area contributed by atoms with E-state index in [1.54, 1.807) is 0 Å². The van der Waals surface area contributed by atoms with E-state index in [2.05, 4.69) is 20.8 Å². The first-order valence-electron chi connectivity index (χ1n) is 14.9. The number of hydrogen-bond acceptors (Lipinski definition) is 3. The molecule has 0 heterocycles. The van der Waals surface area contributed by atoms with Gasteiger partial charge >= 0.3 is 0 Å². The van der Waals surface area contributed by atoms with E-state index in [1.165, 1.54) is 0 Å². The Morgan fingerprint density at radius 3 is 2.55 bits per heavy atom. The van der Waals surface area contributed by atoms with Gasteiger partial charge in [0.25, 0.3) is 0 Å². The van der Waals surface area contributed by atoms with Crippen LogP contribution in [0.2, 0.25) is 0 Å². The summed E-state index contributed by atoms with van der Waals surface area (Å²) in [5.41, 5.74) is -1.54. The molecule has 0 spiro atoms. The highest BCUT2D eigenvalue weighted by atomic mass is 16.3. The highest BCUT2D eigenvalue weighted by Gasteiger charge is 2.72. The monoisotopic (exact) mass is 410 g/mol. The van der Waals surface area contributed by atoms with Gasteiger partial charge in [-0.05, 0) is 79.4 Å². The minimum atomic E-state index is -2.50. The molecule has 0 amide bonds. The van der Waals surface area contributed by atoms with Crippen LogP contribution in [0.3, 0.4) is 0 Å². The zero-order valence-electron chi connectivity index (χ0n) is 24.4. The molecule has 3 heteroatoms. The molecular formula is C26H44O3. The average Bonchev–Trinajstić information content (AvgIpc) is 3.15. The van der Waals surface area contributed by atoms with E-state index in [0.717, 1.165) is 38.4 Å². The second kappa shape index (κ2) is 7.33. The molecule has 0 radical (unpaired) electrons. The maximum atomic E-state index is 12.5. The lowest BCUT2D eigenvalue weighted by molar-refractivity contribution is -0.156. The summed E-state index contributed by atoms with van der Waals surface area (Å²) in [6.45, 7) is 1.59. The van der Waals surface area contributed by atoms with Gasteiger partial charge in [0, 0.05) is 26.0 Å². The molecule has 4 aliphatic rings. The number of carbonyl (C=O) groups is 1. The predicted molar refractivity (Wildman–Crippen MR) is 116 cm³/mol. The van der Waals surface area contributed by atoms with E-state index in [0.29, 0.717) is 24.7 Å². The Morgan fingerprint density at radius 1 is 1.10 bits per heavy atom. The fraction of sp³-hybridized carbons (Fsp3) is 0.962. The third-order valence-corrected chi connectivity index (χ3v) is 10.5. The van der Waals surface area contributed by atoms with Crippen LogP contribution in [0.15, 0.2) is 0 Å². The number of aldehydes is 1. The van der Waals surface area contributed by atoms with Crippen molar-refractivity contribution in [2.24, 2.45) is 52.3 Å². The van der Waals surface area contributed by atoms with Crippen LogP contribution < -0.4 is 0 Å². The SMILES string of the molecule is [2H]C([2H])([2H])C(CC[C@@H](C)[C@H]1CCC2C3C(C=O)[C@]4(O)C[C@@H](O)CC[C@]4(C)C3CC[C@@]21C)C([2H])([2H])[2H]. The molecule has 3 nitrogen and oxygen atoms in total. The van der Waals surface area contributed by atoms with Crippen molar-refractivity contribution in [3.63, 3.8) is 0 Å². The van der Waals surface area contributed by atoms with Crippen LogP contribution in [0.25, 0.3) is 0 Å². The first-order valence-corrected chi connectivity index (χ1v) is 11.9. The van der Waals surface area contributed by atoms with Gasteiger partial charge in [0.2, 0.25) is 0 Å². The van der Waals surface area contributed by atoms with Gasteiger partial charge in [0.1, 0.15) is 6.29 Å². The summed E-state index contributed by atoms with van der Waals surface area (Å²) in [4.78, 5) is 12.5. The zero-order valence-corrected chi connectivity index (χ0v) is 18.4. The Hall–Kier alpha value is -0.410. The predicted octanol–water partition coefficient (Wildman–Crippen LogP) is 5.23. The first-order chi connectivity index (χ1) is 16.0. The quantitative estimate of drug-likeness (QED) is 0.610. The molecule has 0 aromatic carbocycles. The molecule has 4 aliphatic carbocycles. The summed E-state index contributed by atoms with van der Waals surface area (Å²) in [5.74, 6) is -0.594. The van der Waals surface area contributed by atoms with E-state index in [4.69, 9.17) is 8.22 Å². The van der Waals surface area contributed by atoms with Crippen LogP contribution in [0.1, 0.15) is 100 Å². The van der Waals surface area contributed by atoms with Crippen molar-refractivity contribution in [2.75, 3.05) is 0 Å². The fourth-order valence-corrected chi connectivity index (χ4v) is 8.97. The molecule has 0 saturated heterocycles. The molecular weight excluding hydrogens is 360 g/mol. The van der Waals surface area contributed by atoms with Crippen LogP contribution in [0, 0.1) is 52.3 Å². The van der Waals surface area contributed by atoms with Crippen molar-refractivity contribution >= 4 is 6.29 Å². The summed E-state index contributed by atoms with van der Waals surface area (Å²) in [6.07, 6.45) is 6.74. The van der Waals surface area contributed by atoms with Crippen LogP contribution in [0.4, 0.5) is 0 Å². The molecule has 166 valence electrons. The summed E-state index contributed by atoms with van der Waals surface area (Å²) in [7, 11) is 0. The molecule has 4 fully saturated rings. The lowest BCUT2D eigenvalue weighted by Crippen LogP contribution is -2.54. The molecule has 4 rings (SSSR count). The zero-order chi connectivity index (χ0) is 26.2. The van der Waals surface area contributed by atoms with Crippen LogP contribution >= 0.6 is 0 Å². The molecule has 2 N–H and O–H groups in total. The molecule has 4 unspecified atom stereocenters. The van der Waals surface area contributed by atoms with Gasteiger partial charge in [-0.2, -0.15) is 0 Å². The van der Waals surface area contributed by atoms with E-state index in [1.807, 2.05) is 0 Å². The molecule has 4 saturated carbocycles. The van der Waals surface area contributed by atoms with Crippen molar-refractivity contribution in [1.29, 1.82) is 0 Å². The highest BCUT2D eigenvalue weighted by molar-refractivity contribution is 5.59. The molecule has 0 aromatic heterocycles. The summed E-state index contributed by atoms with van der Waals surface area (Å²) < 4.78 is 46.4. The minimum Gasteiger partial charge on any atom is -0.393 e. The average molecular weight is 411 g/mol. The van der Waals surface area contributed by atoms with Crippen molar-refractivity contribution in [3.05, 3.63) is 0 Å². The van der Waals surface area contributed by atoms with Crippen LogP contribution in [-0.2, 0) is 4.79 Å². The van der Waals surface area contributed by atoms with Gasteiger partial charge in [-0.15, -0.1) is 0 Å². The van der Waals surface area contributed by atoms with Crippen molar-refractivity contribution in [3.8, 4) is 0 Å². The second-order valence-electron chi connectivity index (χ2n) is 11.5. The summed E-state index contributed by atoms with van der Waals surface area (Å²) in [6, 6.07) is 0. The van der Waals surface area contributed by atoms with Gasteiger partial charge < -0.3 is 15.0 Å². The Kier molecular flexibility index (Phi) is 3.89. The topological polar surface area (TPSA) is 57.5 Å². The second-order valence-corrected chi connectivity index (χ2v) is 11.5. The largest absolute Gasteiger partial charge is 0.393 e. The van der Waals surface area contributed by atoms with Crippen molar-refractivity contribution < 1.29 is 23.2 Å². The number of aliphatic hydroxyl groups is 2. The van der Waals surface area contributed by atoms with E-state index < -0.39 is 37.2 Å². The normalized spacial score (nSPS) is 56.6. The Bertz CT molecular complexity index is 800. The molecule has 0 aromatic rings. The third-order valence-electron chi connectivity index (χ3n) is 10.5. The van der Waals surface area contributed by atoms with Gasteiger partial charge in [-0.1, -0.05) is 47.3 Å².